The van der Waals surface area contributed by atoms with E-state index in [4.69, 9.17) is 4.74 Å². The highest BCUT2D eigenvalue weighted by atomic mass is 19.4. The topological polar surface area (TPSA) is 26.3 Å². The smallest absolute Gasteiger partial charge is 0.416 e. The van der Waals surface area contributed by atoms with Gasteiger partial charge < -0.3 is 4.74 Å². The lowest BCUT2D eigenvalue weighted by molar-refractivity contribution is -0.143. The zero-order valence-electron chi connectivity index (χ0n) is 10.6. The van der Waals surface area contributed by atoms with E-state index < -0.39 is 11.7 Å². The molecule has 0 heterocycles. The first-order valence-corrected chi connectivity index (χ1v) is 6.27. The average Bonchev–Trinajstić information content (AvgIpc) is 2.71. The number of carbonyl (C=O) groups excluding carboxylic acids is 1. The largest absolute Gasteiger partial charge is 0.466 e. The van der Waals surface area contributed by atoms with E-state index in [1.807, 2.05) is 0 Å². The first kappa shape index (κ1) is 13.9. The van der Waals surface area contributed by atoms with Gasteiger partial charge in [0, 0.05) is 0 Å². The van der Waals surface area contributed by atoms with Crippen LogP contribution in [0.5, 0.6) is 0 Å². The summed E-state index contributed by atoms with van der Waals surface area (Å²) in [6.07, 6.45) is -2.76. The molecule has 1 unspecified atom stereocenters. The molecule has 0 saturated heterocycles. The molecule has 1 atom stereocenters. The Balaban J connectivity index is 2.20. The van der Waals surface area contributed by atoms with Crippen molar-refractivity contribution in [1.29, 1.82) is 0 Å². The summed E-state index contributed by atoms with van der Waals surface area (Å²) >= 11 is 0. The van der Waals surface area contributed by atoms with Crippen molar-refractivity contribution in [2.24, 2.45) is 0 Å². The summed E-state index contributed by atoms with van der Waals surface area (Å²) in [6, 6.07) is 3.79. The van der Waals surface area contributed by atoms with Crippen LogP contribution in [0, 0.1) is 0 Å². The van der Waals surface area contributed by atoms with Gasteiger partial charge in [-0.1, -0.05) is 6.07 Å². The fourth-order valence-electron chi connectivity index (χ4n) is 2.50. The monoisotopic (exact) mass is 272 g/mol. The van der Waals surface area contributed by atoms with Crippen molar-refractivity contribution in [3.05, 3.63) is 34.9 Å². The number of alkyl halides is 3. The van der Waals surface area contributed by atoms with Gasteiger partial charge in [-0.3, -0.25) is 4.79 Å². The van der Waals surface area contributed by atoms with Crippen LogP contribution in [0.1, 0.15) is 42.4 Å². The molecule has 0 radical (unpaired) electrons. The Morgan fingerprint density at radius 1 is 1.42 bits per heavy atom. The molecule has 104 valence electrons. The van der Waals surface area contributed by atoms with E-state index >= 15 is 0 Å². The van der Waals surface area contributed by atoms with Crippen LogP contribution >= 0.6 is 0 Å². The van der Waals surface area contributed by atoms with E-state index in [9.17, 15) is 18.0 Å². The zero-order chi connectivity index (χ0) is 14.0. The van der Waals surface area contributed by atoms with E-state index in [-0.39, 0.29) is 18.3 Å². The van der Waals surface area contributed by atoms with E-state index in [1.54, 1.807) is 6.92 Å². The number of aryl methyl sites for hydroxylation is 1. The van der Waals surface area contributed by atoms with Crippen molar-refractivity contribution in [3.63, 3.8) is 0 Å². The Bertz CT molecular complexity index is 480. The predicted octanol–water partition coefficient (Wildman–Crippen LogP) is 3.69. The molecule has 0 saturated carbocycles. The average molecular weight is 272 g/mol. The molecule has 2 nitrogen and oxygen atoms in total. The minimum atomic E-state index is -4.34. The molecule has 5 heteroatoms. The summed E-state index contributed by atoms with van der Waals surface area (Å²) in [5.41, 5.74) is 0.896. The van der Waals surface area contributed by atoms with Crippen LogP contribution in [0.2, 0.25) is 0 Å². The van der Waals surface area contributed by atoms with E-state index in [0.717, 1.165) is 18.1 Å². The molecule has 0 aromatic heterocycles. The van der Waals surface area contributed by atoms with Gasteiger partial charge in [0.25, 0.3) is 0 Å². The minimum Gasteiger partial charge on any atom is -0.466 e. The highest BCUT2D eigenvalue weighted by molar-refractivity contribution is 5.71. The standard InChI is InChI=1S/C14H15F3O2/c1-2-19-13(18)7-10-4-3-9-5-6-11(8-12(9)10)14(15,16)17/h5-6,8,10H,2-4,7H2,1H3. The maximum absolute atomic E-state index is 12.7. The maximum Gasteiger partial charge on any atom is 0.416 e. The summed E-state index contributed by atoms with van der Waals surface area (Å²) in [6.45, 7) is 2.00. The van der Waals surface area contributed by atoms with Crippen LogP contribution in [-0.4, -0.2) is 12.6 Å². The van der Waals surface area contributed by atoms with Crippen LogP contribution in [-0.2, 0) is 22.1 Å². The number of carbonyl (C=O) groups is 1. The molecule has 0 N–H and O–H groups in total. The van der Waals surface area contributed by atoms with E-state index in [1.165, 1.54) is 12.1 Å². The Morgan fingerprint density at radius 3 is 2.79 bits per heavy atom. The summed E-state index contributed by atoms with van der Waals surface area (Å²) in [4.78, 5) is 11.4. The molecule has 19 heavy (non-hydrogen) atoms. The Labute approximate surface area is 109 Å². The van der Waals surface area contributed by atoms with Crippen molar-refractivity contribution in [2.75, 3.05) is 6.61 Å². The van der Waals surface area contributed by atoms with Gasteiger partial charge in [0.15, 0.2) is 0 Å². The number of fused-ring (bicyclic) bond motifs is 1. The van der Waals surface area contributed by atoms with Gasteiger partial charge in [0.05, 0.1) is 18.6 Å². The van der Waals surface area contributed by atoms with Gasteiger partial charge in [0.2, 0.25) is 0 Å². The molecular weight excluding hydrogens is 257 g/mol. The predicted molar refractivity (Wildman–Crippen MR) is 63.8 cm³/mol. The second-order valence-corrected chi connectivity index (χ2v) is 4.66. The van der Waals surface area contributed by atoms with Crippen molar-refractivity contribution in [1.82, 2.24) is 0 Å². The second kappa shape index (κ2) is 5.23. The molecule has 1 aromatic rings. The SMILES string of the molecule is CCOC(=O)CC1CCc2ccc(C(F)(F)F)cc21. The number of ether oxygens (including phenoxy) is 1. The van der Waals surface area contributed by atoms with Gasteiger partial charge in [0.1, 0.15) is 0 Å². The lowest BCUT2D eigenvalue weighted by Gasteiger charge is -2.13. The number of benzene rings is 1. The molecule has 0 fully saturated rings. The third kappa shape index (κ3) is 3.08. The minimum absolute atomic E-state index is 0.155. The molecule has 0 aliphatic heterocycles. The number of esters is 1. The van der Waals surface area contributed by atoms with Crippen LogP contribution in [0.3, 0.4) is 0 Å². The van der Waals surface area contributed by atoms with Crippen molar-refractivity contribution >= 4 is 5.97 Å². The van der Waals surface area contributed by atoms with E-state index in [2.05, 4.69) is 0 Å². The first-order valence-electron chi connectivity index (χ1n) is 6.27. The second-order valence-electron chi connectivity index (χ2n) is 4.66. The maximum atomic E-state index is 12.7. The van der Waals surface area contributed by atoms with E-state index in [0.29, 0.717) is 18.6 Å². The van der Waals surface area contributed by atoms with Crippen LogP contribution in [0.25, 0.3) is 0 Å². The fraction of sp³-hybridized carbons (Fsp3) is 0.500. The third-order valence-corrected chi connectivity index (χ3v) is 3.39. The molecule has 2 rings (SSSR count). The molecule has 0 spiro atoms. The van der Waals surface area contributed by atoms with Crippen LogP contribution in [0.4, 0.5) is 13.2 Å². The first-order chi connectivity index (χ1) is 8.91. The summed E-state index contributed by atoms with van der Waals surface area (Å²) < 4.78 is 42.9. The number of halogens is 3. The summed E-state index contributed by atoms with van der Waals surface area (Å²) in [5, 5.41) is 0. The van der Waals surface area contributed by atoms with Crippen molar-refractivity contribution in [3.8, 4) is 0 Å². The zero-order valence-corrected chi connectivity index (χ0v) is 10.6. The molecule has 1 aliphatic rings. The Hall–Kier alpha value is -1.52. The fourth-order valence-corrected chi connectivity index (χ4v) is 2.50. The lowest BCUT2D eigenvalue weighted by atomic mass is 9.96. The number of rotatable bonds is 3. The number of hydrogen-bond acceptors (Lipinski definition) is 2. The van der Waals surface area contributed by atoms with Gasteiger partial charge in [-0.15, -0.1) is 0 Å². The number of hydrogen-bond donors (Lipinski definition) is 0. The molecular formula is C14H15F3O2. The van der Waals surface area contributed by atoms with Crippen LogP contribution in [0.15, 0.2) is 18.2 Å². The highest BCUT2D eigenvalue weighted by Gasteiger charge is 2.33. The molecule has 0 amide bonds. The van der Waals surface area contributed by atoms with Crippen molar-refractivity contribution in [2.45, 2.75) is 38.3 Å². The van der Waals surface area contributed by atoms with Crippen molar-refractivity contribution < 1.29 is 22.7 Å². The third-order valence-electron chi connectivity index (χ3n) is 3.39. The molecule has 0 bridgehead atoms. The highest BCUT2D eigenvalue weighted by Crippen LogP contribution is 2.39. The molecule has 1 aromatic carbocycles. The molecule has 1 aliphatic carbocycles. The van der Waals surface area contributed by atoms with Gasteiger partial charge in [-0.05, 0) is 48.9 Å². The van der Waals surface area contributed by atoms with Gasteiger partial charge in [-0.25, -0.2) is 0 Å². The van der Waals surface area contributed by atoms with Gasteiger partial charge in [-0.2, -0.15) is 13.2 Å². The summed E-state index contributed by atoms with van der Waals surface area (Å²) in [7, 11) is 0. The normalized spacial score (nSPS) is 18.2. The van der Waals surface area contributed by atoms with Crippen LogP contribution < -0.4 is 0 Å². The quantitative estimate of drug-likeness (QED) is 0.784. The lowest BCUT2D eigenvalue weighted by Crippen LogP contribution is -2.10. The Morgan fingerprint density at radius 2 is 2.16 bits per heavy atom. The Kier molecular flexibility index (Phi) is 3.83. The summed E-state index contributed by atoms with van der Waals surface area (Å²) in [5.74, 6) is -0.505. The van der Waals surface area contributed by atoms with Gasteiger partial charge >= 0.3 is 12.1 Å².